The van der Waals surface area contributed by atoms with E-state index in [9.17, 15) is 4.79 Å². The van der Waals surface area contributed by atoms with Gasteiger partial charge < -0.3 is 15.0 Å². The summed E-state index contributed by atoms with van der Waals surface area (Å²) in [5.41, 5.74) is 0. The maximum atomic E-state index is 11.2. The van der Waals surface area contributed by atoms with E-state index in [-0.39, 0.29) is 6.09 Å². The van der Waals surface area contributed by atoms with Crippen LogP contribution in [0.25, 0.3) is 0 Å². The van der Waals surface area contributed by atoms with E-state index >= 15 is 0 Å². The van der Waals surface area contributed by atoms with Crippen LogP contribution in [-0.2, 0) is 4.74 Å². The first-order valence-electron chi connectivity index (χ1n) is 4.67. The molecular formula is C9H18N2O2. The van der Waals surface area contributed by atoms with E-state index in [2.05, 4.69) is 10.1 Å². The lowest BCUT2D eigenvalue weighted by molar-refractivity contribution is 0.118. The Hall–Kier alpha value is -0.770. The summed E-state index contributed by atoms with van der Waals surface area (Å²) in [5.74, 6) is 0. The number of nitrogens with one attached hydrogen (secondary N) is 1. The lowest BCUT2D eigenvalue weighted by Gasteiger charge is -2.22. The van der Waals surface area contributed by atoms with Crippen molar-refractivity contribution in [2.45, 2.75) is 31.3 Å². The monoisotopic (exact) mass is 186 g/mol. The van der Waals surface area contributed by atoms with Crippen molar-refractivity contribution in [3.63, 3.8) is 0 Å². The summed E-state index contributed by atoms with van der Waals surface area (Å²) in [6, 6.07) is 0.891. The molecular weight excluding hydrogens is 168 g/mol. The van der Waals surface area contributed by atoms with Crippen LogP contribution in [0.3, 0.4) is 0 Å². The van der Waals surface area contributed by atoms with Crippen molar-refractivity contribution in [2.24, 2.45) is 0 Å². The summed E-state index contributed by atoms with van der Waals surface area (Å²) in [5, 5.41) is 3.23. The summed E-state index contributed by atoms with van der Waals surface area (Å²) in [7, 11) is 5.18. The van der Waals surface area contributed by atoms with Crippen LogP contribution < -0.4 is 5.32 Å². The zero-order valence-corrected chi connectivity index (χ0v) is 8.54. The fourth-order valence-corrected chi connectivity index (χ4v) is 1.86. The van der Waals surface area contributed by atoms with E-state index < -0.39 is 0 Å². The average molecular weight is 186 g/mol. The Kier molecular flexibility index (Phi) is 3.54. The van der Waals surface area contributed by atoms with Crippen molar-refractivity contribution < 1.29 is 9.53 Å². The van der Waals surface area contributed by atoms with Gasteiger partial charge >= 0.3 is 6.09 Å². The molecule has 1 amide bonds. The number of rotatable bonds is 2. The van der Waals surface area contributed by atoms with E-state index in [1.807, 2.05) is 7.05 Å². The molecule has 0 spiro atoms. The summed E-state index contributed by atoms with van der Waals surface area (Å²) >= 11 is 0. The number of ether oxygens (including phenoxy) is 1. The summed E-state index contributed by atoms with van der Waals surface area (Å²) in [6.07, 6.45) is 3.00. The highest BCUT2D eigenvalue weighted by Crippen LogP contribution is 2.23. The van der Waals surface area contributed by atoms with Gasteiger partial charge in [0.25, 0.3) is 0 Å². The number of amides is 1. The number of carbonyl (C=O) groups excluding carboxylic acids is 1. The fourth-order valence-electron chi connectivity index (χ4n) is 1.86. The second-order valence-corrected chi connectivity index (χ2v) is 3.53. The number of nitrogens with zero attached hydrogens (tertiary/aromatic N) is 1. The van der Waals surface area contributed by atoms with Gasteiger partial charge in [-0.15, -0.1) is 0 Å². The van der Waals surface area contributed by atoms with Crippen LogP contribution in [0, 0.1) is 0 Å². The van der Waals surface area contributed by atoms with Crippen molar-refractivity contribution in [3.8, 4) is 0 Å². The molecule has 0 aromatic carbocycles. The molecule has 0 aromatic heterocycles. The molecule has 1 N–H and O–H groups in total. The minimum absolute atomic E-state index is 0.234. The summed E-state index contributed by atoms with van der Waals surface area (Å²) < 4.78 is 4.66. The van der Waals surface area contributed by atoms with Gasteiger partial charge in [-0.2, -0.15) is 0 Å². The normalized spacial score (nSPS) is 27.3. The van der Waals surface area contributed by atoms with Gasteiger partial charge in [0.05, 0.1) is 7.11 Å². The van der Waals surface area contributed by atoms with E-state index in [1.165, 1.54) is 7.11 Å². The molecule has 2 unspecified atom stereocenters. The molecule has 1 rings (SSSR count). The topological polar surface area (TPSA) is 41.6 Å². The quantitative estimate of drug-likeness (QED) is 0.694. The van der Waals surface area contributed by atoms with Crippen LogP contribution in [0.1, 0.15) is 19.3 Å². The predicted octanol–water partition coefficient (Wildman–Crippen LogP) is 0.825. The summed E-state index contributed by atoms with van der Waals surface area (Å²) in [6.45, 7) is 0. The molecule has 0 aromatic rings. The standard InChI is InChI=1S/C9H18N2O2/c1-10-7-4-5-8(6-7)11(2)9(12)13-3/h7-8,10H,4-6H2,1-3H3. The van der Waals surface area contributed by atoms with Crippen molar-refractivity contribution in [1.29, 1.82) is 0 Å². The number of methoxy groups -OCH3 is 1. The Morgan fingerprint density at radius 2 is 2.23 bits per heavy atom. The van der Waals surface area contributed by atoms with Gasteiger partial charge in [0.15, 0.2) is 0 Å². The second kappa shape index (κ2) is 4.46. The second-order valence-electron chi connectivity index (χ2n) is 3.53. The van der Waals surface area contributed by atoms with Gasteiger partial charge in [-0.05, 0) is 26.3 Å². The molecule has 1 fully saturated rings. The highest BCUT2D eigenvalue weighted by atomic mass is 16.5. The molecule has 13 heavy (non-hydrogen) atoms. The first-order valence-corrected chi connectivity index (χ1v) is 4.67. The lowest BCUT2D eigenvalue weighted by Crippen LogP contribution is -2.36. The zero-order chi connectivity index (χ0) is 9.84. The van der Waals surface area contributed by atoms with Gasteiger partial charge in [-0.1, -0.05) is 0 Å². The van der Waals surface area contributed by atoms with Gasteiger partial charge in [-0.25, -0.2) is 4.79 Å². The Bertz CT molecular complexity index is 184. The zero-order valence-electron chi connectivity index (χ0n) is 8.54. The third-order valence-electron chi connectivity index (χ3n) is 2.82. The predicted molar refractivity (Wildman–Crippen MR) is 50.7 cm³/mol. The third-order valence-corrected chi connectivity index (χ3v) is 2.82. The van der Waals surface area contributed by atoms with Gasteiger partial charge in [0.2, 0.25) is 0 Å². The molecule has 76 valence electrons. The Morgan fingerprint density at radius 1 is 1.54 bits per heavy atom. The molecule has 1 saturated carbocycles. The third kappa shape index (κ3) is 2.34. The van der Waals surface area contributed by atoms with Gasteiger partial charge in [-0.3, -0.25) is 0 Å². The fraction of sp³-hybridized carbons (Fsp3) is 0.889. The molecule has 1 aliphatic rings. The first-order chi connectivity index (χ1) is 6.19. The largest absolute Gasteiger partial charge is 0.453 e. The van der Waals surface area contributed by atoms with Crippen LogP contribution in [0.4, 0.5) is 4.79 Å². The number of carbonyl (C=O) groups is 1. The van der Waals surface area contributed by atoms with E-state index in [0.29, 0.717) is 12.1 Å². The van der Waals surface area contributed by atoms with Crippen LogP contribution in [0.15, 0.2) is 0 Å². The van der Waals surface area contributed by atoms with E-state index in [1.54, 1.807) is 11.9 Å². The highest BCUT2D eigenvalue weighted by Gasteiger charge is 2.29. The Labute approximate surface area is 79.2 Å². The van der Waals surface area contributed by atoms with Crippen molar-refractivity contribution >= 4 is 6.09 Å². The molecule has 0 bridgehead atoms. The van der Waals surface area contributed by atoms with E-state index in [0.717, 1.165) is 19.3 Å². The van der Waals surface area contributed by atoms with E-state index in [4.69, 9.17) is 0 Å². The molecule has 0 radical (unpaired) electrons. The average Bonchev–Trinajstić information content (AvgIpc) is 2.63. The SMILES string of the molecule is CNC1CCC(N(C)C(=O)OC)C1. The van der Waals surface area contributed by atoms with Crippen LogP contribution in [0.2, 0.25) is 0 Å². The van der Waals surface area contributed by atoms with Crippen LogP contribution in [0.5, 0.6) is 0 Å². The molecule has 4 heteroatoms. The van der Waals surface area contributed by atoms with Gasteiger partial charge in [0, 0.05) is 19.1 Å². The molecule has 0 aliphatic heterocycles. The minimum Gasteiger partial charge on any atom is -0.453 e. The molecule has 2 atom stereocenters. The number of hydrogen-bond acceptors (Lipinski definition) is 3. The summed E-state index contributed by atoms with van der Waals surface area (Å²) in [4.78, 5) is 12.9. The Morgan fingerprint density at radius 3 is 2.69 bits per heavy atom. The van der Waals surface area contributed by atoms with Crippen LogP contribution >= 0.6 is 0 Å². The Balaban J connectivity index is 2.41. The molecule has 4 nitrogen and oxygen atoms in total. The highest BCUT2D eigenvalue weighted by molar-refractivity contribution is 5.67. The lowest BCUT2D eigenvalue weighted by atomic mass is 10.2. The maximum Gasteiger partial charge on any atom is 0.409 e. The van der Waals surface area contributed by atoms with Crippen molar-refractivity contribution in [2.75, 3.05) is 21.2 Å². The van der Waals surface area contributed by atoms with Crippen molar-refractivity contribution in [1.82, 2.24) is 10.2 Å². The molecule has 0 heterocycles. The van der Waals surface area contributed by atoms with Crippen molar-refractivity contribution in [3.05, 3.63) is 0 Å². The maximum absolute atomic E-state index is 11.2. The van der Waals surface area contributed by atoms with Crippen LogP contribution in [-0.4, -0.2) is 44.3 Å². The molecule has 0 saturated heterocycles. The van der Waals surface area contributed by atoms with Gasteiger partial charge in [0.1, 0.15) is 0 Å². The smallest absolute Gasteiger partial charge is 0.409 e. The number of hydrogen-bond donors (Lipinski definition) is 1. The first kappa shape index (κ1) is 10.3. The molecule has 1 aliphatic carbocycles. The minimum atomic E-state index is -0.234.